The summed E-state index contributed by atoms with van der Waals surface area (Å²) in [5, 5.41) is 11.3. The molecule has 32 heavy (non-hydrogen) atoms. The van der Waals surface area contributed by atoms with Crippen molar-refractivity contribution in [2.75, 3.05) is 11.5 Å². The molecule has 0 N–H and O–H groups in total. The molecule has 0 unspecified atom stereocenters. The SMILES string of the molecule is O=C([O-])COc1ccc(Br)cc1/C=C1\SC(=Nc2ccccc2)N(c2ccccc2)C1=O. The normalized spacial score (nSPS) is 16.0. The zero-order valence-corrected chi connectivity index (χ0v) is 19.0. The van der Waals surface area contributed by atoms with Gasteiger partial charge in [0, 0.05) is 10.0 Å². The van der Waals surface area contributed by atoms with Gasteiger partial charge >= 0.3 is 0 Å². The van der Waals surface area contributed by atoms with Gasteiger partial charge in [-0.05, 0) is 60.3 Å². The van der Waals surface area contributed by atoms with E-state index in [4.69, 9.17) is 4.74 Å². The van der Waals surface area contributed by atoms with E-state index >= 15 is 0 Å². The lowest BCUT2D eigenvalue weighted by atomic mass is 10.2. The number of aliphatic carboxylic acids is 1. The number of amidine groups is 1. The summed E-state index contributed by atoms with van der Waals surface area (Å²) in [6.07, 6.45) is 1.67. The third-order valence-corrected chi connectivity index (χ3v) is 5.87. The molecule has 1 heterocycles. The van der Waals surface area contributed by atoms with Crippen LogP contribution in [0.15, 0.2) is 93.2 Å². The zero-order valence-electron chi connectivity index (χ0n) is 16.6. The molecule has 0 radical (unpaired) electrons. The highest BCUT2D eigenvalue weighted by Gasteiger charge is 2.34. The van der Waals surface area contributed by atoms with E-state index in [2.05, 4.69) is 20.9 Å². The molecule has 1 amide bonds. The highest BCUT2D eigenvalue weighted by atomic mass is 79.9. The van der Waals surface area contributed by atoms with Gasteiger partial charge in [-0.15, -0.1) is 0 Å². The molecule has 0 spiro atoms. The van der Waals surface area contributed by atoms with E-state index in [-0.39, 0.29) is 5.91 Å². The fourth-order valence-electron chi connectivity index (χ4n) is 3.01. The van der Waals surface area contributed by atoms with Crippen molar-refractivity contribution < 1.29 is 19.4 Å². The number of carbonyl (C=O) groups is 2. The molecule has 0 aliphatic carbocycles. The standard InChI is InChI=1S/C24H17BrN2O4S/c25-17-11-12-20(31-15-22(28)29)16(13-17)14-21-23(30)27(19-9-5-2-6-10-19)24(32-21)26-18-7-3-1-4-8-18/h1-14H,15H2,(H,28,29)/p-1/b21-14-,26-24?. The highest BCUT2D eigenvalue weighted by Crippen LogP contribution is 2.38. The minimum atomic E-state index is -1.33. The van der Waals surface area contributed by atoms with Gasteiger partial charge in [0.2, 0.25) is 0 Å². The first-order valence-corrected chi connectivity index (χ1v) is 11.2. The van der Waals surface area contributed by atoms with Gasteiger partial charge in [0.15, 0.2) is 5.17 Å². The van der Waals surface area contributed by atoms with Gasteiger partial charge in [0.25, 0.3) is 5.91 Å². The number of anilines is 1. The molecule has 1 saturated heterocycles. The van der Waals surface area contributed by atoms with Crippen LogP contribution in [0.3, 0.4) is 0 Å². The van der Waals surface area contributed by atoms with Crippen LogP contribution in [0.1, 0.15) is 5.56 Å². The summed E-state index contributed by atoms with van der Waals surface area (Å²) in [5.74, 6) is -1.23. The Bertz CT molecular complexity index is 1210. The van der Waals surface area contributed by atoms with E-state index in [1.807, 2.05) is 60.7 Å². The second kappa shape index (κ2) is 9.84. The van der Waals surface area contributed by atoms with Crippen molar-refractivity contribution in [2.24, 2.45) is 4.99 Å². The molecule has 0 saturated carbocycles. The predicted molar refractivity (Wildman–Crippen MR) is 128 cm³/mol. The Morgan fingerprint density at radius 2 is 1.75 bits per heavy atom. The summed E-state index contributed by atoms with van der Waals surface area (Å²) in [6, 6.07) is 23.8. The minimum Gasteiger partial charge on any atom is -0.546 e. The average molecular weight is 508 g/mol. The van der Waals surface area contributed by atoms with Crippen LogP contribution < -0.4 is 14.7 Å². The Morgan fingerprint density at radius 3 is 2.44 bits per heavy atom. The van der Waals surface area contributed by atoms with Crippen LogP contribution in [0.2, 0.25) is 0 Å². The zero-order chi connectivity index (χ0) is 22.5. The van der Waals surface area contributed by atoms with Crippen molar-refractivity contribution >= 4 is 62.2 Å². The van der Waals surface area contributed by atoms with E-state index in [9.17, 15) is 14.7 Å². The largest absolute Gasteiger partial charge is 0.546 e. The minimum absolute atomic E-state index is 0.235. The summed E-state index contributed by atoms with van der Waals surface area (Å²) in [4.78, 5) is 30.9. The van der Waals surface area contributed by atoms with Crippen LogP contribution >= 0.6 is 27.7 Å². The fraction of sp³-hybridized carbons (Fsp3) is 0.0417. The summed E-state index contributed by atoms with van der Waals surface area (Å²) in [6.45, 7) is -0.588. The molecule has 8 heteroatoms. The van der Waals surface area contributed by atoms with Gasteiger partial charge < -0.3 is 14.6 Å². The van der Waals surface area contributed by atoms with Crippen LogP contribution in [-0.2, 0) is 9.59 Å². The number of ether oxygens (including phenoxy) is 1. The third-order valence-electron chi connectivity index (χ3n) is 4.41. The second-order valence-corrected chi connectivity index (χ2v) is 8.58. The molecule has 0 aromatic heterocycles. The maximum absolute atomic E-state index is 13.4. The Labute approximate surface area is 197 Å². The lowest BCUT2D eigenvalue weighted by Gasteiger charge is -2.15. The smallest absolute Gasteiger partial charge is 0.271 e. The Balaban J connectivity index is 1.75. The Hall–Kier alpha value is -3.36. The van der Waals surface area contributed by atoms with Crippen LogP contribution in [0.4, 0.5) is 11.4 Å². The van der Waals surface area contributed by atoms with Crippen LogP contribution in [0.5, 0.6) is 5.75 Å². The molecule has 1 fully saturated rings. The number of thioether (sulfide) groups is 1. The van der Waals surface area contributed by atoms with E-state index in [1.165, 1.54) is 11.8 Å². The number of amides is 1. The molecule has 160 valence electrons. The van der Waals surface area contributed by atoms with Crippen LogP contribution in [-0.4, -0.2) is 23.7 Å². The number of benzene rings is 3. The molecule has 1 aliphatic rings. The number of carboxylic acids is 1. The van der Waals surface area contributed by atoms with Crippen LogP contribution in [0, 0.1) is 0 Å². The van der Waals surface area contributed by atoms with Gasteiger partial charge in [-0.25, -0.2) is 4.99 Å². The third kappa shape index (κ3) is 5.09. The first-order valence-electron chi connectivity index (χ1n) is 9.56. The van der Waals surface area contributed by atoms with Crippen LogP contribution in [0.25, 0.3) is 6.08 Å². The summed E-state index contributed by atoms with van der Waals surface area (Å²) in [5.41, 5.74) is 1.99. The molecule has 1 aliphatic heterocycles. The molecule has 3 aromatic carbocycles. The molecule has 0 bridgehead atoms. The summed E-state index contributed by atoms with van der Waals surface area (Å²) in [7, 11) is 0. The number of para-hydroxylation sites is 2. The number of carbonyl (C=O) groups excluding carboxylic acids is 2. The fourth-order valence-corrected chi connectivity index (χ4v) is 4.38. The van der Waals surface area contributed by atoms with Crippen molar-refractivity contribution in [1.82, 2.24) is 0 Å². The second-order valence-electron chi connectivity index (χ2n) is 6.66. The number of hydrogen-bond acceptors (Lipinski definition) is 6. The predicted octanol–water partition coefficient (Wildman–Crippen LogP) is 4.39. The number of rotatable bonds is 6. The number of carboxylic acid groups (broad SMARTS) is 1. The van der Waals surface area contributed by atoms with Crippen molar-refractivity contribution in [3.05, 3.63) is 93.8 Å². The molecule has 3 aromatic rings. The number of aliphatic imine (C=N–C) groups is 1. The van der Waals surface area contributed by atoms with Gasteiger partial charge in [0.1, 0.15) is 12.4 Å². The molecule has 0 atom stereocenters. The number of nitrogens with zero attached hydrogens (tertiary/aromatic N) is 2. The molecular weight excluding hydrogens is 492 g/mol. The van der Waals surface area contributed by atoms with E-state index in [0.717, 1.165) is 10.2 Å². The quantitative estimate of drug-likeness (QED) is 0.462. The van der Waals surface area contributed by atoms with Gasteiger partial charge in [0.05, 0.1) is 22.2 Å². The maximum atomic E-state index is 13.4. The Morgan fingerprint density at radius 1 is 1.06 bits per heavy atom. The summed E-state index contributed by atoms with van der Waals surface area (Å²) < 4.78 is 6.10. The number of halogens is 1. The Kier molecular flexibility index (Phi) is 6.72. The molecule has 6 nitrogen and oxygen atoms in total. The summed E-state index contributed by atoms with van der Waals surface area (Å²) >= 11 is 4.64. The van der Waals surface area contributed by atoms with Crippen molar-refractivity contribution in [2.45, 2.75) is 0 Å². The highest BCUT2D eigenvalue weighted by molar-refractivity contribution is 9.10. The monoisotopic (exact) mass is 507 g/mol. The lowest BCUT2D eigenvalue weighted by Crippen LogP contribution is -2.29. The first kappa shape index (κ1) is 21.9. The van der Waals surface area contributed by atoms with E-state index < -0.39 is 12.6 Å². The van der Waals surface area contributed by atoms with Gasteiger partial charge in [-0.3, -0.25) is 9.69 Å². The molecule has 4 rings (SSSR count). The van der Waals surface area contributed by atoms with Crippen molar-refractivity contribution in [1.29, 1.82) is 0 Å². The van der Waals surface area contributed by atoms with Crippen molar-refractivity contribution in [3.63, 3.8) is 0 Å². The van der Waals surface area contributed by atoms with Gasteiger partial charge in [-0.2, -0.15) is 0 Å². The first-order chi connectivity index (χ1) is 15.5. The lowest BCUT2D eigenvalue weighted by molar-refractivity contribution is -0.307. The van der Waals surface area contributed by atoms with E-state index in [0.29, 0.717) is 27.1 Å². The van der Waals surface area contributed by atoms with Gasteiger partial charge in [-0.1, -0.05) is 52.3 Å². The maximum Gasteiger partial charge on any atom is 0.271 e. The molecular formula is C24H16BrN2O4S-. The average Bonchev–Trinajstić information content (AvgIpc) is 3.09. The topological polar surface area (TPSA) is 82.0 Å². The van der Waals surface area contributed by atoms with E-state index in [1.54, 1.807) is 29.2 Å². The number of hydrogen-bond donors (Lipinski definition) is 0. The van der Waals surface area contributed by atoms with Crippen molar-refractivity contribution in [3.8, 4) is 5.75 Å².